The maximum absolute atomic E-state index is 5.85. The Morgan fingerprint density at radius 2 is 2.27 bits per heavy atom. The Labute approximate surface area is 67.1 Å². The predicted octanol–water partition coefficient (Wildman–Crippen LogP) is 0.904. The van der Waals surface area contributed by atoms with Crippen molar-refractivity contribution in [1.29, 1.82) is 0 Å². The molecule has 11 heavy (non-hydrogen) atoms. The maximum atomic E-state index is 5.85. The number of nitrogens with two attached hydrogens (primary N) is 1. The summed E-state index contributed by atoms with van der Waals surface area (Å²) in [5.41, 5.74) is 6.53. The molecule has 2 heteroatoms. The van der Waals surface area contributed by atoms with Crippen molar-refractivity contribution in [2.24, 2.45) is 17.1 Å². The highest BCUT2D eigenvalue weighted by atomic mass is 16.5. The molecule has 1 aliphatic heterocycles. The lowest BCUT2D eigenvalue weighted by molar-refractivity contribution is -0.108. The van der Waals surface area contributed by atoms with Crippen LogP contribution in [0, 0.1) is 11.3 Å². The van der Waals surface area contributed by atoms with E-state index in [0.29, 0.717) is 5.41 Å². The predicted molar refractivity (Wildman–Crippen MR) is 42.1 cm³/mol. The van der Waals surface area contributed by atoms with E-state index < -0.39 is 0 Å². The van der Waals surface area contributed by atoms with Gasteiger partial charge in [0.25, 0.3) is 0 Å². The standard InChI is InChI=1S/C9H15NO/c10-6-8-4-7(8)5-11-9(8)2-1-3-9/h7H,1-6,10H2. The second kappa shape index (κ2) is 1.64. The van der Waals surface area contributed by atoms with Gasteiger partial charge in [-0.05, 0) is 31.6 Å². The van der Waals surface area contributed by atoms with Crippen LogP contribution in [0.3, 0.4) is 0 Å². The Bertz CT molecular complexity index is 190. The summed E-state index contributed by atoms with van der Waals surface area (Å²) in [6, 6.07) is 0. The molecule has 2 unspecified atom stereocenters. The van der Waals surface area contributed by atoms with E-state index in [-0.39, 0.29) is 5.60 Å². The monoisotopic (exact) mass is 153 g/mol. The van der Waals surface area contributed by atoms with Gasteiger partial charge in [0.15, 0.2) is 0 Å². The van der Waals surface area contributed by atoms with Gasteiger partial charge >= 0.3 is 0 Å². The van der Waals surface area contributed by atoms with Gasteiger partial charge in [0.1, 0.15) is 0 Å². The van der Waals surface area contributed by atoms with Crippen LogP contribution in [0.5, 0.6) is 0 Å². The molecule has 1 spiro atoms. The third-order valence-electron chi connectivity index (χ3n) is 4.23. The highest BCUT2D eigenvalue weighted by Gasteiger charge is 2.72. The largest absolute Gasteiger partial charge is 0.374 e. The normalized spacial score (nSPS) is 50.5. The minimum atomic E-state index is 0.270. The van der Waals surface area contributed by atoms with Crippen LogP contribution in [-0.4, -0.2) is 18.8 Å². The van der Waals surface area contributed by atoms with Crippen LogP contribution in [0.25, 0.3) is 0 Å². The lowest BCUT2D eigenvalue weighted by Gasteiger charge is -2.44. The molecule has 2 saturated carbocycles. The molecule has 2 atom stereocenters. The van der Waals surface area contributed by atoms with Crippen LogP contribution in [0.2, 0.25) is 0 Å². The summed E-state index contributed by atoms with van der Waals surface area (Å²) in [6.07, 6.45) is 5.26. The highest BCUT2D eigenvalue weighted by Crippen LogP contribution is 2.70. The van der Waals surface area contributed by atoms with Crippen LogP contribution < -0.4 is 5.73 Å². The van der Waals surface area contributed by atoms with E-state index >= 15 is 0 Å². The molecule has 1 heterocycles. The zero-order valence-electron chi connectivity index (χ0n) is 6.81. The van der Waals surface area contributed by atoms with E-state index in [0.717, 1.165) is 19.1 Å². The van der Waals surface area contributed by atoms with Crippen molar-refractivity contribution in [2.45, 2.75) is 31.3 Å². The number of rotatable bonds is 1. The van der Waals surface area contributed by atoms with Crippen LogP contribution in [0.1, 0.15) is 25.7 Å². The maximum Gasteiger partial charge on any atom is 0.0754 e. The first-order valence-electron chi connectivity index (χ1n) is 4.67. The Hall–Kier alpha value is -0.0800. The highest BCUT2D eigenvalue weighted by molar-refractivity contribution is 5.22. The molecule has 3 aliphatic rings. The van der Waals surface area contributed by atoms with Gasteiger partial charge in [0.2, 0.25) is 0 Å². The van der Waals surface area contributed by atoms with E-state index in [9.17, 15) is 0 Å². The van der Waals surface area contributed by atoms with Gasteiger partial charge in [-0.15, -0.1) is 0 Å². The van der Waals surface area contributed by atoms with Gasteiger partial charge in [-0.3, -0.25) is 0 Å². The number of hydrogen-bond acceptors (Lipinski definition) is 2. The fraction of sp³-hybridized carbons (Fsp3) is 1.00. The first-order chi connectivity index (χ1) is 5.33. The average Bonchev–Trinajstić information content (AvgIpc) is 2.57. The summed E-state index contributed by atoms with van der Waals surface area (Å²) in [4.78, 5) is 0. The third-order valence-corrected chi connectivity index (χ3v) is 4.23. The zero-order chi connectivity index (χ0) is 7.53. The quantitative estimate of drug-likeness (QED) is 0.607. The van der Waals surface area contributed by atoms with E-state index in [1.54, 1.807) is 0 Å². The van der Waals surface area contributed by atoms with Crippen LogP contribution in [0.4, 0.5) is 0 Å². The summed E-state index contributed by atoms with van der Waals surface area (Å²) in [5.74, 6) is 0.827. The molecule has 1 saturated heterocycles. The fourth-order valence-corrected chi connectivity index (χ4v) is 3.14. The lowest BCUT2D eigenvalue weighted by atomic mass is 9.69. The van der Waals surface area contributed by atoms with Crippen LogP contribution >= 0.6 is 0 Å². The second-order valence-electron chi connectivity index (χ2n) is 4.42. The number of fused-ring (bicyclic) bond motifs is 2. The first kappa shape index (κ1) is 6.44. The minimum Gasteiger partial charge on any atom is -0.374 e. The smallest absolute Gasteiger partial charge is 0.0754 e. The van der Waals surface area contributed by atoms with Crippen molar-refractivity contribution in [2.75, 3.05) is 13.2 Å². The Balaban J connectivity index is 1.94. The molecule has 3 fully saturated rings. The van der Waals surface area contributed by atoms with Crippen molar-refractivity contribution >= 4 is 0 Å². The van der Waals surface area contributed by atoms with Crippen molar-refractivity contribution in [3.05, 3.63) is 0 Å². The molecule has 0 aromatic heterocycles. The molecule has 0 amide bonds. The molecule has 0 aromatic carbocycles. The van der Waals surface area contributed by atoms with Gasteiger partial charge in [0.05, 0.1) is 12.2 Å². The first-order valence-corrected chi connectivity index (χ1v) is 4.67. The van der Waals surface area contributed by atoms with Crippen molar-refractivity contribution in [1.82, 2.24) is 0 Å². The molecule has 0 radical (unpaired) electrons. The van der Waals surface area contributed by atoms with E-state index in [1.165, 1.54) is 25.7 Å². The summed E-state index contributed by atoms with van der Waals surface area (Å²) < 4.78 is 5.85. The number of ether oxygens (including phenoxy) is 1. The summed E-state index contributed by atoms with van der Waals surface area (Å²) in [6.45, 7) is 1.86. The van der Waals surface area contributed by atoms with Crippen LogP contribution in [0.15, 0.2) is 0 Å². The van der Waals surface area contributed by atoms with Gasteiger partial charge in [0, 0.05) is 12.0 Å². The molecule has 0 bridgehead atoms. The fourth-order valence-electron chi connectivity index (χ4n) is 3.14. The molecule has 0 aromatic rings. The number of hydrogen-bond donors (Lipinski definition) is 1. The average molecular weight is 153 g/mol. The third kappa shape index (κ3) is 0.510. The van der Waals surface area contributed by atoms with E-state index in [4.69, 9.17) is 10.5 Å². The van der Waals surface area contributed by atoms with Gasteiger partial charge in [-0.25, -0.2) is 0 Å². The van der Waals surface area contributed by atoms with Crippen molar-refractivity contribution in [3.8, 4) is 0 Å². The minimum absolute atomic E-state index is 0.270. The molecule has 3 rings (SSSR count). The van der Waals surface area contributed by atoms with Gasteiger partial charge < -0.3 is 10.5 Å². The molecule has 2 nitrogen and oxygen atoms in total. The Morgan fingerprint density at radius 3 is 2.64 bits per heavy atom. The van der Waals surface area contributed by atoms with Gasteiger partial charge in [-0.2, -0.15) is 0 Å². The summed E-state index contributed by atoms with van der Waals surface area (Å²) in [7, 11) is 0. The SMILES string of the molecule is NCC12CC1COC21CCC1. The van der Waals surface area contributed by atoms with Crippen molar-refractivity contribution < 1.29 is 4.74 Å². The van der Waals surface area contributed by atoms with E-state index in [1.807, 2.05) is 0 Å². The van der Waals surface area contributed by atoms with Crippen molar-refractivity contribution in [3.63, 3.8) is 0 Å². The summed E-state index contributed by atoms with van der Waals surface area (Å²) >= 11 is 0. The second-order valence-corrected chi connectivity index (χ2v) is 4.42. The lowest BCUT2D eigenvalue weighted by Crippen LogP contribution is -2.48. The Morgan fingerprint density at radius 1 is 1.45 bits per heavy atom. The molecule has 2 aliphatic carbocycles. The van der Waals surface area contributed by atoms with Crippen LogP contribution in [-0.2, 0) is 4.74 Å². The van der Waals surface area contributed by atoms with Gasteiger partial charge in [-0.1, -0.05) is 0 Å². The zero-order valence-corrected chi connectivity index (χ0v) is 6.81. The molecular weight excluding hydrogens is 138 g/mol. The molecular formula is C9H15NO. The molecule has 2 N–H and O–H groups in total. The molecule has 62 valence electrons. The Kier molecular flexibility index (Phi) is 0.961. The summed E-state index contributed by atoms with van der Waals surface area (Å²) in [5, 5.41) is 0. The van der Waals surface area contributed by atoms with E-state index in [2.05, 4.69) is 0 Å². The topological polar surface area (TPSA) is 35.2 Å².